The summed E-state index contributed by atoms with van der Waals surface area (Å²) in [6.07, 6.45) is 0. The van der Waals surface area contributed by atoms with Gasteiger partial charge in [-0.2, -0.15) is 0 Å². The number of nitro groups is 1. The topological polar surface area (TPSA) is 66.6 Å². The molecule has 6 heteroatoms. The van der Waals surface area contributed by atoms with Gasteiger partial charge in [-0.15, -0.1) is 0 Å². The van der Waals surface area contributed by atoms with E-state index in [1.807, 2.05) is 36.2 Å². The summed E-state index contributed by atoms with van der Waals surface area (Å²) in [5.41, 5.74) is 2.10. The minimum atomic E-state index is -0.425. The van der Waals surface area contributed by atoms with Gasteiger partial charge in [-0.3, -0.25) is 10.1 Å². The van der Waals surface area contributed by atoms with Crippen LogP contribution in [0.5, 0.6) is 0 Å². The van der Waals surface area contributed by atoms with Crippen LogP contribution in [0.15, 0.2) is 46.9 Å². The average Bonchev–Trinajstić information content (AvgIpc) is 2.46. The molecule has 0 heterocycles. The molecule has 0 atom stereocenters. The Balaban J connectivity index is 2.30. The molecule has 110 valence electrons. The van der Waals surface area contributed by atoms with Crippen molar-refractivity contribution in [2.24, 2.45) is 0 Å². The highest BCUT2D eigenvalue weighted by Crippen LogP contribution is 2.29. The van der Waals surface area contributed by atoms with Gasteiger partial charge in [0.05, 0.1) is 11.5 Å². The van der Waals surface area contributed by atoms with Crippen LogP contribution in [-0.2, 0) is 13.2 Å². The molecule has 0 spiro atoms. The van der Waals surface area contributed by atoms with Crippen LogP contribution in [0.25, 0.3) is 0 Å². The first-order valence-electron chi connectivity index (χ1n) is 6.35. The van der Waals surface area contributed by atoms with Gasteiger partial charge in [0.15, 0.2) is 0 Å². The number of nitro benzene ring substituents is 1. The standard InChI is InChI=1S/C15H15BrN2O3/c1-17(9-11-3-2-4-13(16)7-11)14-6-5-12(10-19)8-15(14)18(20)21/h2-8,19H,9-10H2,1H3. The maximum atomic E-state index is 11.2. The smallest absolute Gasteiger partial charge is 0.292 e. The van der Waals surface area contributed by atoms with Crippen LogP contribution in [0, 0.1) is 10.1 Å². The van der Waals surface area contributed by atoms with Gasteiger partial charge in [0.25, 0.3) is 5.69 Å². The number of aliphatic hydroxyl groups excluding tert-OH is 1. The van der Waals surface area contributed by atoms with Gasteiger partial charge in [0, 0.05) is 24.1 Å². The maximum Gasteiger partial charge on any atom is 0.292 e. The van der Waals surface area contributed by atoms with E-state index in [0.717, 1.165) is 10.0 Å². The summed E-state index contributed by atoms with van der Waals surface area (Å²) in [5.74, 6) is 0. The van der Waals surface area contributed by atoms with Crippen LogP contribution in [0.3, 0.4) is 0 Å². The third-order valence-electron chi connectivity index (χ3n) is 3.14. The zero-order valence-corrected chi connectivity index (χ0v) is 13.1. The number of nitrogens with zero attached hydrogens (tertiary/aromatic N) is 2. The molecule has 0 aliphatic rings. The highest BCUT2D eigenvalue weighted by atomic mass is 79.9. The molecule has 0 unspecified atom stereocenters. The first kappa shape index (κ1) is 15.5. The molecule has 0 bridgehead atoms. The van der Waals surface area contributed by atoms with Crippen LogP contribution in [0.4, 0.5) is 11.4 Å². The molecular formula is C15H15BrN2O3. The first-order chi connectivity index (χ1) is 10.0. The fraction of sp³-hybridized carbons (Fsp3) is 0.200. The van der Waals surface area contributed by atoms with Crippen molar-refractivity contribution in [1.29, 1.82) is 0 Å². The molecule has 0 amide bonds. The second kappa shape index (κ2) is 6.69. The molecule has 0 saturated carbocycles. The van der Waals surface area contributed by atoms with E-state index in [4.69, 9.17) is 5.11 Å². The number of aliphatic hydroxyl groups is 1. The second-order valence-electron chi connectivity index (χ2n) is 4.72. The Bertz CT molecular complexity index is 661. The van der Waals surface area contributed by atoms with Crippen molar-refractivity contribution in [2.45, 2.75) is 13.2 Å². The Morgan fingerprint density at radius 3 is 2.62 bits per heavy atom. The van der Waals surface area contributed by atoms with Crippen LogP contribution in [0.1, 0.15) is 11.1 Å². The first-order valence-corrected chi connectivity index (χ1v) is 7.14. The zero-order chi connectivity index (χ0) is 15.4. The van der Waals surface area contributed by atoms with Crippen molar-refractivity contribution in [3.05, 3.63) is 68.2 Å². The van der Waals surface area contributed by atoms with Crippen molar-refractivity contribution in [2.75, 3.05) is 11.9 Å². The Labute approximate surface area is 131 Å². The third-order valence-corrected chi connectivity index (χ3v) is 3.63. The summed E-state index contributed by atoms with van der Waals surface area (Å²) in [4.78, 5) is 12.6. The third kappa shape index (κ3) is 3.80. The summed E-state index contributed by atoms with van der Waals surface area (Å²) in [7, 11) is 1.81. The molecule has 0 saturated heterocycles. The molecule has 0 fully saturated rings. The molecule has 0 aliphatic carbocycles. The minimum absolute atomic E-state index is 0.000883. The molecule has 21 heavy (non-hydrogen) atoms. The minimum Gasteiger partial charge on any atom is -0.392 e. The summed E-state index contributed by atoms with van der Waals surface area (Å²) in [6.45, 7) is 0.342. The van der Waals surface area contributed by atoms with Crippen LogP contribution in [-0.4, -0.2) is 17.1 Å². The fourth-order valence-electron chi connectivity index (χ4n) is 2.13. The van der Waals surface area contributed by atoms with E-state index < -0.39 is 4.92 Å². The van der Waals surface area contributed by atoms with Crippen molar-refractivity contribution in [3.8, 4) is 0 Å². The molecule has 1 N–H and O–H groups in total. The van der Waals surface area contributed by atoms with Crippen molar-refractivity contribution in [1.82, 2.24) is 0 Å². The van der Waals surface area contributed by atoms with Gasteiger partial charge in [0.1, 0.15) is 5.69 Å². The number of anilines is 1. The van der Waals surface area contributed by atoms with E-state index in [9.17, 15) is 10.1 Å². The van der Waals surface area contributed by atoms with Crippen LogP contribution in [0.2, 0.25) is 0 Å². The Hall–Kier alpha value is -1.92. The quantitative estimate of drug-likeness (QED) is 0.662. The molecule has 0 aliphatic heterocycles. The highest BCUT2D eigenvalue weighted by molar-refractivity contribution is 9.10. The lowest BCUT2D eigenvalue weighted by Crippen LogP contribution is -2.17. The summed E-state index contributed by atoms with van der Waals surface area (Å²) in [5, 5.41) is 20.3. The largest absolute Gasteiger partial charge is 0.392 e. The summed E-state index contributed by atoms with van der Waals surface area (Å²) < 4.78 is 0.971. The Morgan fingerprint density at radius 2 is 2.00 bits per heavy atom. The molecule has 2 rings (SSSR count). The van der Waals surface area contributed by atoms with Gasteiger partial charge in [-0.1, -0.05) is 34.1 Å². The lowest BCUT2D eigenvalue weighted by Gasteiger charge is -2.19. The SMILES string of the molecule is CN(Cc1cccc(Br)c1)c1ccc(CO)cc1[N+](=O)[O-]. The molecule has 5 nitrogen and oxygen atoms in total. The molecule has 0 aromatic heterocycles. The number of benzene rings is 2. The fourth-order valence-corrected chi connectivity index (χ4v) is 2.58. The summed E-state index contributed by atoms with van der Waals surface area (Å²) >= 11 is 3.41. The molecule has 2 aromatic carbocycles. The Kier molecular flexibility index (Phi) is 4.93. The van der Waals surface area contributed by atoms with Gasteiger partial charge < -0.3 is 10.0 Å². The van der Waals surface area contributed by atoms with E-state index >= 15 is 0 Å². The predicted molar refractivity (Wildman–Crippen MR) is 85.3 cm³/mol. The lowest BCUT2D eigenvalue weighted by molar-refractivity contribution is -0.384. The van der Waals surface area contributed by atoms with E-state index in [2.05, 4.69) is 15.9 Å². The van der Waals surface area contributed by atoms with Gasteiger partial charge in [-0.05, 0) is 29.3 Å². The maximum absolute atomic E-state index is 11.2. The number of rotatable bonds is 5. The zero-order valence-electron chi connectivity index (χ0n) is 11.5. The normalized spacial score (nSPS) is 10.4. The number of hydrogen-bond acceptors (Lipinski definition) is 4. The molecule has 0 radical (unpaired) electrons. The number of hydrogen-bond donors (Lipinski definition) is 1. The van der Waals surface area contributed by atoms with Crippen molar-refractivity contribution < 1.29 is 10.0 Å². The molecular weight excluding hydrogens is 336 g/mol. The van der Waals surface area contributed by atoms with Gasteiger partial charge >= 0.3 is 0 Å². The summed E-state index contributed by atoms with van der Waals surface area (Å²) in [6, 6.07) is 12.6. The van der Waals surface area contributed by atoms with E-state index in [0.29, 0.717) is 17.8 Å². The number of halogens is 1. The van der Waals surface area contributed by atoms with Gasteiger partial charge in [0.2, 0.25) is 0 Å². The van der Waals surface area contributed by atoms with E-state index in [-0.39, 0.29) is 12.3 Å². The second-order valence-corrected chi connectivity index (χ2v) is 5.64. The molecule has 2 aromatic rings. The van der Waals surface area contributed by atoms with Crippen molar-refractivity contribution >= 4 is 27.3 Å². The van der Waals surface area contributed by atoms with Gasteiger partial charge in [-0.25, -0.2) is 0 Å². The van der Waals surface area contributed by atoms with Crippen molar-refractivity contribution in [3.63, 3.8) is 0 Å². The lowest BCUT2D eigenvalue weighted by atomic mass is 10.1. The van der Waals surface area contributed by atoms with Crippen LogP contribution >= 0.6 is 15.9 Å². The Morgan fingerprint density at radius 1 is 1.24 bits per heavy atom. The van der Waals surface area contributed by atoms with Crippen LogP contribution < -0.4 is 4.90 Å². The highest BCUT2D eigenvalue weighted by Gasteiger charge is 2.18. The average molecular weight is 351 g/mol. The monoisotopic (exact) mass is 350 g/mol. The van der Waals surface area contributed by atoms with E-state index in [1.54, 1.807) is 12.1 Å². The van der Waals surface area contributed by atoms with E-state index in [1.165, 1.54) is 6.07 Å². The predicted octanol–water partition coefficient (Wildman–Crippen LogP) is 3.49.